The molecule has 2 N–H and O–H groups in total. The minimum absolute atomic E-state index is 0.0710. The van der Waals surface area contributed by atoms with Crippen molar-refractivity contribution in [3.8, 4) is 0 Å². The Kier molecular flexibility index (Phi) is 5.81. The first-order valence-corrected chi connectivity index (χ1v) is 10.1. The summed E-state index contributed by atoms with van der Waals surface area (Å²) in [6.07, 6.45) is 0. The Morgan fingerprint density at radius 1 is 0.966 bits per heavy atom. The second-order valence-corrected chi connectivity index (χ2v) is 7.96. The van der Waals surface area contributed by atoms with E-state index in [9.17, 15) is 23.3 Å². The first-order valence-electron chi connectivity index (χ1n) is 8.19. The summed E-state index contributed by atoms with van der Waals surface area (Å²) in [6.45, 7) is 0. The van der Waals surface area contributed by atoms with Crippen molar-refractivity contribution in [3.05, 3.63) is 93.5 Å². The van der Waals surface area contributed by atoms with Crippen LogP contribution in [0.3, 0.4) is 0 Å². The standard InChI is InChI=1S/C19H14ClN3O5S/c20-17-9-1-2-10-18(17)22-29(27,28)16-8-4-6-14(12-16)21-19(24)13-5-3-7-15(11-13)23(25)26/h1-12,22H,(H,21,24). The summed E-state index contributed by atoms with van der Waals surface area (Å²) < 4.78 is 27.6. The highest BCUT2D eigenvalue weighted by Crippen LogP contribution is 2.25. The molecule has 0 bridgehead atoms. The lowest BCUT2D eigenvalue weighted by molar-refractivity contribution is -0.384. The SMILES string of the molecule is O=C(Nc1cccc(S(=O)(=O)Nc2ccccc2Cl)c1)c1cccc([N+](=O)[O-])c1. The number of nitrogens with zero attached hydrogens (tertiary/aromatic N) is 1. The summed E-state index contributed by atoms with van der Waals surface area (Å²) in [4.78, 5) is 22.5. The molecule has 148 valence electrons. The molecule has 0 aliphatic heterocycles. The maximum atomic E-state index is 12.6. The summed E-state index contributed by atoms with van der Waals surface area (Å²) in [5.41, 5.74) is 0.281. The summed E-state index contributed by atoms with van der Waals surface area (Å²) in [5.74, 6) is -0.609. The fraction of sp³-hybridized carbons (Fsp3) is 0. The Hall–Kier alpha value is -3.43. The molecule has 0 spiro atoms. The van der Waals surface area contributed by atoms with Crippen LogP contribution in [0.15, 0.2) is 77.7 Å². The van der Waals surface area contributed by atoms with E-state index in [1.807, 2.05) is 0 Å². The molecule has 0 atom stereocenters. The largest absolute Gasteiger partial charge is 0.322 e. The fourth-order valence-corrected chi connectivity index (χ4v) is 3.82. The molecule has 29 heavy (non-hydrogen) atoms. The molecule has 3 aromatic rings. The van der Waals surface area contributed by atoms with Crippen LogP contribution in [-0.4, -0.2) is 19.2 Å². The summed E-state index contributed by atoms with van der Waals surface area (Å²) in [7, 11) is -3.95. The van der Waals surface area contributed by atoms with E-state index in [-0.39, 0.29) is 32.5 Å². The molecule has 0 aliphatic rings. The van der Waals surface area contributed by atoms with Crippen LogP contribution in [0.4, 0.5) is 17.1 Å². The predicted molar refractivity (Wildman–Crippen MR) is 110 cm³/mol. The van der Waals surface area contributed by atoms with Crippen LogP contribution in [0, 0.1) is 10.1 Å². The normalized spacial score (nSPS) is 10.9. The first-order chi connectivity index (χ1) is 13.8. The maximum absolute atomic E-state index is 12.6. The number of hydrogen-bond donors (Lipinski definition) is 2. The van der Waals surface area contributed by atoms with Crippen LogP contribution in [0.5, 0.6) is 0 Å². The highest BCUT2D eigenvalue weighted by molar-refractivity contribution is 7.92. The lowest BCUT2D eigenvalue weighted by Crippen LogP contribution is -2.15. The number of nitro groups is 1. The van der Waals surface area contributed by atoms with Crippen molar-refractivity contribution in [2.45, 2.75) is 4.90 Å². The van der Waals surface area contributed by atoms with Gasteiger partial charge in [-0.1, -0.05) is 35.9 Å². The van der Waals surface area contributed by atoms with E-state index in [0.29, 0.717) is 0 Å². The zero-order chi connectivity index (χ0) is 21.0. The Morgan fingerprint density at radius 2 is 1.69 bits per heavy atom. The minimum atomic E-state index is -3.95. The fourth-order valence-electron chi connectivity index (χ4n) is 2.45. The van der Waals surface area contributed by atoms with Gasteiger partial charge in [-0.25, -0.2) is 8.42 Å². The van der Waals surface area contributed by atoms with Gasteiger partial charge in [0.1, 0.15) is 0 Å². The van der Waals surface area contributed by atoms with Crippen LogP contribution in [0.25, 0.3) is 0 Å². The molecule has 0 aliphatic carbocycles. The second kappa shape index (κ2) is 8.29. The number of anilines is 2. The van der Waals surface area contributed by atoms with Gasteiger partial charge in [-0.2, -0.15) is 0 Å². The molecule has 0 unspecified atom stereocenters. The van der Waals surface area contributed by atoms with Gasteiger partial charge >= 0.3 is 0 Å². The van der Waals surface area contributed by atoms with Crippen molar-refractivity contribution in [3.63, 3.8) is 0 Å². The monoisotopic (exact) mass is 431 g/mol. The number of rotatable bonds is 6. The summed E-state index contributed by atoms with van der Waals surface area (Å²) in [6, 6.07) is 17.2. The number of non-ortho nitro benzene ring substituents is 1. The van der Waals surface area contributed by atoms with Crippen molar-refractivity contribution >= 4 is 44.6 Å². The molecule has 8 nitrogen and oxygen atoms in total. The third kappa shape index (κ3) is 4.89. The molecule has 0 aromatic heterocycles. The number of carbonyl (C=O) groups is 1. The zero-order valence-electron chi connectivity index (χ0n) is 14.7. The number of amides is 1. The first kappa shape index (κ1) is 20.3. The van der Waals surface area contributed by atoms with E-state index in [4.69, 9.17) is 11.6 Å². The van der Waals surface area contributed by atoms with Crippen LogP contribution in [-0.2, 0) is 10.0 Å². The van der Waals surface area contributed by atoms with Crippen molar-refractivity contribution in [2.24, 2.45) is 0 Å². The van der Waals surface area contributed by atoms with Crippen LogP contribution in [0.1, 0.15) is 10.4 Å². The van der Waals surface area contributed by atoms with E-state index in [0.717, 1.165) is 6.07 Å². The molecule has 0 radical (unpaired) electrons. The van der Waals surface area contributed by atoms with Crippen molar-refractivity contribution in [1.29, 1.82) is 0 Å². The summed E-state index contributed by atoms with van der Waals surface area (Å²) >= 11 is 5.99. The van der Waals surface area contributed by atoms with E-state index >= 15 is 0 Å². The molecule has 1 amide bonds. The Balaban J connectivity index is 1.82. The molecule has 3 rings (SSSR count). The van der Waals surface area contributed by atoms with Gasteiger partial charge < -0.3 is 5.32 Å². The van der Waals surface area contributed by atoms with Crippen molar-refractivity contribution in [2.75, 3.05) is 10.0 Å². The molecule has 0 fully saturated rings. The second-order valence-electron chi connectivity index (χ2n) is 5.87. The van der Waals surface area contributed by atoms with E-state index < -0.39 is 20.9 Å². The lowest BCUT2D eigenvalue weighted by atomic mass is 10.2. The van der Waals surface area contributed by atoms with Crippen molar-refractivity contribution in [1.82, 2.24) is 0 Å². The zero-order valence-corrected chi connectivity index (χ0v) is 16.3. The smallest absolute Gasteiger partial charge is 0.270 e. The number of carbonyl (C=O) groups excluding carboxylic acids is 1. The van der Waals surface area contributed by atoms with Gasteiger partial charge in [0.2, 0.25) is 0 Å². The predicted octanol–water partition coefficient (Wildman–Crippen LogP) is 4.30. The Labute approximate surface area is 171 Å². The molecule has 3 aromatic carbocycles. The van der Waals surface area contributed by atoms with Gasteiger partial charge in [0.05, 0.1) is 20.5 Å². The highest BCUT2D eigenvalue weighted by atomic mass is 35.5. The van der Waals surface area contributed by atoms with Gasteiger partial charge in [-0.15, -0.1) is 0 Å². The summed E-state index contributed by atoms with van der Waals surface area (Å²) in [5, 5.41) is 13.6. The lowest BCUT2D eigenvalue weighted by Gasteiger charge is -2.11. The topological polar surface area (TPSA) is 118 Å². The average molecular weight is 432 g/mol. The van der Waals surface area contributed by atoms with E-state index in [1.54, 1.807) is 18.2 Å². The van der Waals surface area contributed by atoms with E-state index in [2.05, 4.69) is 10.0 Å². The minimum Gasteiger partial charge on any atom is -0.322 e. The number of sulfonamides is 1. The number of nitro benzene ring substituents is 1. The number of nitrogens with one attached hydrogen (secondary N) is 2. The molecular weight excluding hydrogens is 418 g/mol. The van der Waals surface area contributed by atoms with Gasteiger partial charge in [0.25, 0.3) is 21.6 Å². The van der Waals surface area contributed by atoms with Crippen LogP contribution < -0.4 is 10.0 Å². The van der Waals surface area contributed by atoms with Gasteiger partial charge in [-0.3, -0.25) is 19.6 Å². The van der Waals surface area contributed by atoms with Gasteiger partial charge in [0, 0.05) is 23.4 Å². The molecule has 0 saturated carbocycles. The maximum Gasteiger partial charge on any atom is 0.270 e. The molecule has 0 saturated heterocycles. The van der Waals surface area contributed by atoms with Crippen LogP contribution >= 0.6 is 11.6 Å². The number of halogens is 1. The quantitative estimate of drug-likeness (QED) is 0.445. The molecule has 0 heterocycles. The van der Waals surface area contributed by atoms with Crippen LogP contribution in [0.2, 0.25) is 5.02 Å². The Bertz CT molecular complexity index is 1200. The average Bonchev–Trinajstić information content (AvgIpc) is 2.70. The molecule has 10 heteroatoms. The van der Waals surface area contributed by atoms with Gasteiger partial charge in [-0.05, 0) is 36.4 Å². The van der Waals surface area contributed by atoms with E-state index in [1.165, 1.54) is 48.5 Å². The highest BCUT2D eigenvalue weighted by Gasteiger charge is 2.17. The molecular formula is C19H14ClN3O5S. The third-order valence-corrected chi connectivity index (χ3v) is 5.53. The number of para-hydroxylation sites is 1. The third-order valence-electron chi connectivity index (χ3n) is 3.84. The Morgan fingerprint density at radius 3 is 2.41 bits per heavy atom. The number of benzene rings is 3. The number of hydrogen-bond acceptors (Lipinski definition) is 5. The van der Waals surface area contributed by atoms with Gasteiger partial charge in [0.15, 0.2) is 0 Å². The van der Waals surface area contributed by atoms with Crippen molar-refractivity contribution < 1.29 is 18.1 Å².